The molecule has 5 nitrogen and oxygen atoms in total. The SMILES string of the molecule is CNC(=O)CCCNC(C)(CO)CO. The zero-order valence-corrected chi connectivity index (χ0v) is 8.84. The molecule has 14 heavy (non-hydrogen) atoms. The van der Waals surface area contributed by atoms with Crippen molar-refractivity contribution < 1.29 is 15.0 Å². The van der Waals surface area contributed by atoms with Crippen LogP contribution in [0.15, 0.2) is 0 Å². The molecule has 0 saturated carbocycles. The Morgan fingerprint density at radius 1 is 1.36 bits per heavy atom. The van der Waals surface area contributed by atoms with Crippen molar-refractivity contribution in [3.8, 4) is 0 Å². The number of nitrogens with one attached hydrogen (secondary N) is 2. The van der Waals surface area contributed by atoms with Gasteiger partial charge in [-0.15, -0.1) is 0 Å². The van der Waals surface area contributed by atoms with Crippen LogP contribution in [-0.4, -0.2) is 48.5 Å². The molecule has 0 aromatic rings. The Morgan fingerprint density at radius 2 is 1.93 bits per heavy atom. The van der Waals surface area contributed by atoms with E-state index in [1.54, 1.807) is 14.0 Å². The molecular formula is C9H20N2O3. The number of rotatable bonds is 7. The molecule has 0 spiro atoms. The minimum absolute atomic E-state index is 0.00139. The van der Waals surface area contributed by atoms with Crippen molar-refractivity contribution in [2.75, 3.05) is 26.8 Å². The molecule has 0 aromatic carbocycles. The van der Waals surface area contributed by atoms with E-state index in [2.05, 4.69) is 10.6 Å². The van der Waals surface area contributed by atoms with Crippen LogP contribution in [0.25, 0.3) is 0 Å². The summed E-state index contributed by atoms with van der Waals surface area (Å²) in [5.41, 5.74) is -0.650. The summed E-state index contributed by atoms with van der Waals surface area (Å²) in [7, 11) is 1.60. The largest absolute Gasteiger partial charge is 0.394 e. The molecule has 0 rings (SSSR count). The molecule has 0 aromatic heterocycles. The molecule has 0 aliphatic carbocycles. The van der Waals surface area contributed by atoms with Gasteiger partial charge in [0.05, 0.1) is 18.8 Å². The molecule has 0 radical (unpaired) electrons. The van der Waals surface area contributed by atoms with Crippen LogP contribution in [-0.2, 0) is 4.79 Å². The highest BCUT2D eigenvalue weighted by Crippen LogP contribution is 2.00. The highest BCUT2D eigenvalue weighted by Gasteiger charge is 2.20. The van der Waals surface area contributed by atoms with Crippen LogP contribution in [0.4, 0.5) is 0 Å². The predicted molar refractivity (Wildman–Crippen MR) is 53.9 cm³/mol. The van der Waals surface area contributed by atoms with E-state index in [0.29, 0.717) is 19.4 Å². The first-order valence-corrected chi connectivity index (χ1v) is 4.75. The third-order valence-electron chi connectivity index (χ3n) is 2.11. The molecule has 5 heteroatoms. The second-order valence-corrected chi connectivity index (χ2v) is 3.58. The number of hydrogen-bond donors (Lipinski definition) is 4. The van der Waals surface area contributed by atoms with Gasteiger partial charge in [0.1, 0.15) is 0 Å². The fraction of sp³-hybridized carbons (Fsp3) is 0.889. The maximum Gasteiger partial charge on any atom is 0.219 e. The van der Waals surface area contributed by atoms with E-state index in [4.69, 9.17) is 10.2 Å². The molecular weight excluding hydrogens is 184 g/mol. The zero-order chi connectivity index (χ0) is 11.0. The number of aliphatic hydroxyl groups is 2. The fourth-order valence-electron chi connectivity index (χ4n) is 0.926. The molecule has 0 bridgehead atoms. The molecule has 0 fully saturated rings. The van der Waals surface area contributed by atoms with E-state index in [1.165, 1.54) is 0 Å². The summed E-state index contributed by atoms with van der Waals surface area (Å²) in [4.78, 5) is 10.8. The maximum atomic E-state index is 10.8. The third-order valence-corrected chi connectivity index (χ3v) is 2.11. The minimum Gasteiger partial charge on any atom is -0.394 e. The highest BCUT2D eigenvalue weighted by molar-refractivity contribution is 5.75. The predicted octanol–water partition coefficient (Wildman–Crippen LogP) is -1.15. The van der Waals surface area contributed by atoms with Crippen molar-refractivity contribution >= 4 is 5.91 Å². The molecule has 0 aliphatic rings. The first kappa shape index (κ1) is 13.4. The van der Waals surface area contributed by atoms with Gasteiger partial charge in [-0.2, -0.15) is 0 Å². The Labute approximate surface area is 84.5 Å². The topological polar surface area (TPSA) is 81.6 Å². The summed E-state index contributed by atoms with van der Waals surface area (Å²) < 4.78 is 0. The Balaban J connectivity index is 3.57. The lowest BCUT2D eigenvalue weighted by Crippen LogP contribution is -2.49. The molecule has 0 aliphatic heterocycles. The quantitative estimate of drug-likeness (QED) is 0.395. The first-order chi connectivity index (χ1) is 6.58. The summed E-state index contributed by atoms with van der Waals surface area (Å²) in [6.45, 7) is 2.09. The van der Waals surface area contributed by atoms with Gasteiger partial charge in [-0.3, -0.25) is 4.79 Å². The Kier molecular flexibility index (Phi) is 6.44. The van der Waals surface area contributed by atoms with E-state index < -0.39 is 5.54 Å². The van der Waals surface area contributed by atoms with Crippen molar-refractivity contribution in [1.82, 2.24) is 10.6 Å². The highest BCUT2D eigenvalue weighted by atomic mass is 16.3. The van der Waals surface area contributed by atoms with Gasteiger partial charge in [0.2, 0.25) is 5.91 Å². The van der Waals surface area contributed by atoms with Gasteiger partial charge in [0.25, 0.3) is 0 Å². The van der Waals surface area contributed by atoms with Crippen LogP contribution in [0.3, 0.4) is 0 Å². The van der Waals surface area contributed by atoms with Gasteiger partial charge in [0, 0.05) is 13.5 Å². The second-order valence-electron chi connectivity index (χ2n) is 3.58. The summed E-state index contributed by atoms with van der Waals surface area (Å²) in [6.07, 6.45) is 1.14. The number of hydrogen-bond acceptors (Lipinski definition) is 4. The van der Waals surface area contributed by atoms with Crippen LogP contribution >= 0.6 is 0 Å². The zero-order valence-electron chi connectivity index (χ0n) is 8.84. The Morgan fingerprint density at radius 3 is 2.36 bits per heavy atom. The Bertz CT molecular complexity index is 169. The smallest absolute Gasteiger partial charge is 0.219 e. The van der Waals surface area contributed by atoms with E-state index in [1.807, 2.05) is 0 Å². The van der Waals surface area contributed by atoms with Crippen molar-refractivity contribution in [2.45, 2.75) is 25.3 Å². The van der Waals surface area contributed by atoms with Gasteiger partial charge in [-0.05, 0) is 19.9 Å². The summed E-state index contributed by atoms with van der Waals surface area (Å²) in [5.74, 6) is 0.00139. The van der Waals surface area contributed by atoms with E-state index in [-0.39, 0.29) is 19.1 Å². The fourth-order valence-corrected chi connectivity index (χ4v) is 0.926. The number of amides is 1. The standard InChI is InChI=1S/C9H20N2O3/c1-9(6-12,7-13)11-5-3-4-8(14)10-2/h11-13H,3-7H2,1-2H3,(H,10,14). The van der Waals surface area contributed by atoms with Gasteiger partial charge >= 0.3 is 0 Å². The van der Waals surface area contributed by atoms with Crippen molar-refractivity contribution in [2.24, 2.45) is 0 Å². The first-order valence-electron chi connectivity index (χ1n) is 4.75. The lowest BCUT2D eigenvalue weighted by atomic mass is 10.1. The molecule has 84 valence electrons. The molecule has 0 atom stereocenters. The number of carbonyl (C=O) groups is 1. The lowest BCUT2D eigenvalue weighted by molar-refractivity contribution is -0.120. The van der Waals surface area contributed by atoms with E-state index in [0.717, 1.165) is 0 Å². The van der Waals surface area contributed by atoms with Crippen LogP contribution in [0, 0.1) is 0 Å². The van der Waals surface area contributed by atoms with Crippen LogP contribution in [0.5, 0.6) is 0 Å². The lowest BCUT2D eigenvalue weighted by Gasteiger charge is -2.26. The van der Waals surface area contributed by atoms with Crippen LogP contribution < -0.4 is 10.6 Å². The van der Waals surface area contributed by atoms with Crippen LogP contribution in [0.2, 0.25) is 0 Å². The average molecular weight is 204 g/mol. The van der Waals surface area contributed by atoms with Crippen LogP contribution in [0.1, 0.15) is 19.8 Å². The van der Waals surface area contributed by atoms with E-state index in [9.17, 15) is 4.79 Å². The summed E-state index contributed by atoms with van der Waals surface area (Å²) in [6, 6.07) is 0. The third kappa shape index (κ3) is 5.16. The summed E-state index contributed by atoms with van der Waals surface area (Å²) >= 11 is 0. The van der Waals surface area contributed by atoms with Gasteiger partial charge in [0.15, 0.2) is 0 Å². The Hall–Kier alpha value is -0.650. The molecule has 0 heterocycles. The van der Waals surface area contributed by atoms with Crippen molar-refractivity contribution in [3.63, 3.8) is 0 Å². The average Bonchev–Trinajstić information content (AvgIpc) is 2.23. The molecule has 0 unspecified atom stereocenters. The normalized spacial score (nSPS) is 11.4. The molecule has 1 amide bonds. The molecule has 4 N–H and O–H groups in total. The number of carbonyl (C=O) groups excluding carboxylic acids is 1. The van der Waals surface area contributed by atoms with Crippen molar-refractivity contribution in [3.05, 3.63) is 0 Å². The van der Waals surface area contributed by atoms with Gasteiger partial charge in [-0.25, -0.2) is 0 Å². The summed E-state index contributed by atoms with van der Waals surface area (Å²) in [5, 5.41) is 23.4. The minimum atomic E-state index is -0.650. The van der Waals surface area contributed by atoms with Gasteiger partial charge in [-0.1, -0.05) is 0 Å². The number of aliphatic hydroxyl groups excluding tert-OH is 2. The van der Waals surface area contributed by atoms with E-state index >= 15 is 0 Å². The monoisotopic (exact) mass is 204 g/mol. The van der Waals surface area contributed by atoms with Gasteiger partial charge < -0.3 is 20.8 Å². The molecule has 0 saturated heterocycles. The second kappa shape index (κ2) is 6.75. The van der Waals surface area contributed by atoms with Crippen molar-refractivity contribution in [1.29, 1.82) is 0 Å². The maximum absolute atomic E-state index is 10.8.